The van der Waals surface area contributed by atoms with Gasteiger partial charge < -0.3 is 14.9 Å². The summed E-state index contributed by atoms with van der Waals surface area (Å²) in [5, 5.41) is 18.9. The topological polar surface area (TPSA) is 66.8 Å². The van der Waals surface area contributed by atoms with E-state index < -0.39 is 5.97 Å². The Morgan fingerprint density at radius 1 is 1.13 bits per heavy atom. The molecule has 2 aromatic rings. The summed E-state index contributed by atoms with van der Waals surface area (Å²) in [6.45, 7) is 0. The van der Waals surface area contributed by atoms with Crippen molar-refractivity contribution in [1.82, 2.24) is 0 Å². The highest BCUT2D eigenvalue weighted by atomic mass is 16.5. The molecule has 0 amide bonds. The summed E-state index contributed by atoms with van der Waals surface area (Å²) in [6, 6.07) is 14.4. The highest BCUT2D eigenvalue weighted by molar-refractivity contribution is 5.92. The second-order valence-electron chi connectivity index (χ2n) is 4.92. The molecule has 0 bridgehead atoms. The van der Waals surface area contributed by atoms with Gasteiger partial charge in [-0.3, -0.25) is 0 Å². The lowest BCUT2D eigenvalue weighted by Crippen LogP contribution is -1.99. The fraction of sp³-hybridized carbons (Fsp3) is 0.105. The molecule has 2 aromatic carbocycles. The summed E-state index contributed by atoms with van der Waals surface area (Å²) in [5.74, 6) is -0.649. The number of hydrogen-bond acceptors (Lipinski definition) is 3. The predicted molar refractivity (Wildman–Crippen MR) is 90.4 cm³/mol. The van der Waals surface area contributed by atoms with Crippen molar-refractivity contribution in [1.29, 1.82) is 0 Å². The lowest BCUT2D eigenvalue weighted by molar-refractivity contribution is -0.132. The van der Waals surface area contributed by atoms with Gasteiger partial charge in [-0.15, -0.1) is 0 Å². The van der Waals surface area contributed by atoms with Gasteiger partial charge in [0.1, 0.15) is 0 Å². The van der Waals surface area contributed by atoms with E-state index in [0.29, 0.717) is 17.7 Å². The summed E-state index contributed by atoms with van der Waals surface area (Å²) in [6.07, 6.45) is 5.56. The van der Waals surface area contributed by atoms with Gasteiger partial charge in [-0.2, -0.15) is 0 Å². The van der Waals surface area contributed by atoms with E-state index in [2.05, 4.69) is 0 Å². The number of aromatic hydroxyl groups is 1. The van der Waals surface area contributed by atoms with E-state index in [-0.39, 0.29) is 11.3 Å². The number of benzene rings is 2. The van der Waals surface area contributed by atoms with Crippen molar-refractivity contribution in [2.75, 3.05) is 7.11 Å². The Bertz CT molecular complexity index is 730. The quantitative estimate of drug-likeness (QED) is 0.792. The molecule has 23 heavy (non-hydrogen) atoms. The van der Waals surface area contributed by atoms with E-state index in [9.17, 15) is 15.0 Å². The van der Waals surface area contributed by atoms with Crippen LogP contribution in [-0.4, -0.2) is 23.3 Å². The molecule has 0 aliphatic heterocycles. The fourth-order valence-corrected chi connectivity index (χ4v) is 2.08. The van der Waals surface area contributed by atoms with Crippen LogP contribution in [0.4, 0.5) is 0 Å². The van der Waals surface area contributed by atoms with Gasteiger partial charge in [0.15, 0.2) is 11.5 Å². The molecule has 0 saturated heterocycles. The average Bonchev–Trinajstić information content (AvgIpc) is 2.56. The number of phenolic OH excluding ortho intramolecular Hbond substituents is 1. The minimum Gasteiger partial charge on any atom is -0.504 e. The standard InChI is InChI=1S/C19H18O4/c1-23-18-13-15(10-11-17(18)20)12-16(19(21)22)9-5-8-14-6-3-2-4-7-14/h2-8,10-13,20H,9H2,1H3,(H,21,22)/b8-5+,16-12+. The van der Waals surface area contributed by atoms with Crippen LogP contribution in [0.2, 0.25) is 0 Å². The van der Waals surface area contributed by atoms with Gasteiger partial charge in [-0.05, 0) is 35.8 Å². The van der Waals surface area contributed by atoms with Crippen molar-refractivity contribution < 1.29 is 19.7 Å². The molecular weight excluding hydrogens is 292 g/mol. The Hall–Kier alpha value is -3.01. The highest BCUT2D eigenvalue weighted by Crippen LogP contribution is 2.27. The lowest BCUT2D eigenvalue weighted by Gasteiger charge is -2.05. The number of carbonyl (C=O) groups is 1. The van der Waals surface area contributed by atoms with E-state index in [0.717, 1.165) is 5.56 Å². The molecule has 118 valence electrons. The molecule has 0 heterocycles. The van der Waals surface area contributed by atoms with Crippen LogP contribution in [-0.2, 0) is 4.79 Å². The molecule has 0 spiro atoms. The number of aliphatic carboxylic acids is 1. The first-order chi connectivity index (χ1) is 11.1. The molecule has 0 unspecified atom stereocenters. The third-order valence-corrected chi connectivity index (χ3v) is 3.27. The SMILES string of the molecule is COc1cc(/C=C(\C/C=C/c2ccccc2)C(=O)O)ccc1O. The first-order valence-corrected chi connectivity index (χ1v) is 7.12. The van der Waals surface area contributed by atoms with Gasteiger partial charge in [0, 0.05) is 5.57 Å². The van der Waals surface area contributed by atoms with Crippen molar-refractivity contribution in [2.45, 2.75) is 6.42 Å². The van der Waals surface area contributed by atoms with Crippen molar-refractivity contribution in [3.63, 3.8) is 0 Å². The summed E-state index contributed by atoms with van der Waals surface area (Å²) < 4.78 is 5.03. The number of hydrogen-bond donors (Lipinski definition) is 2. The van der Waals surface area contributed by atoms with Crippen LogP contribution < -0.4 is 4.74 Å². The molecule has 0 aliphatic carbocycles. The zero-order valence-electron chi connectivity index (χ0n) is 12.8. The van der Waals surface area contributed by atoms with Crippen LogP contribution in [0.3, 0.4) is 0 Å². The summed E-state index contributed by atoms with van der Waals surface area (Å²) in [4.78, 5) is 11.4. The molecule has 0 atom stereocenters. The first-order valence-electron chi connectivity index (χ1n) is 7.12. The molecule has 2 rings (SSSR count). The summed E-state index contributed by atoms with van der Waals surface area (Å²) >= 11 is 0. The number of ether oxygens (including phenoxy) is 1. The first kappa shape index (κ1) is 16.4. The normalized spacial score (nSPS) is 11.6. The van der Waals surface area contributed by atoms with Gasteiger partial charge >= 0.3 is 5.97 Å². The van der Waals surface area contributed by atoms with Gasteiger partial charge in [0.05, 0.1) is 7.11 Å². The van der Waals surface area contributed by atoms with E-state index in [1.54, 1.807) is 18.2 Å². The van der Waals surface area contributed by atoms with Gasteiger partial charge in [0.2, 0.25) is 0 Å². The van der Waals surface area contributed by atoms with Crippen LogP contribution >= 0.6 is 0 Å². The van der Waals surface area contributed by atoms with Gasteiger partial charge in [0.25, 0.3) is 0 Å². The van der Waals surface area contributed by atoms with Crippen molar-refractivity contribution in [2.24, 2.45) is 0 Å². The third kappa shape index (κ3) is 4.74. The third-order valence-electron chi connectivity index (χ3n) is 3.27. The zero-order chi connectivity index (χ0) is 16.7. The van der Waals surface area contributed by atoms with Crippen LogP contribution in [0.1, 0.15) is 17.5 Å². The van der Waals surface area contributed by atoms with Crippen molar-refractivity contribution in [3.8, 4) is 11.5 Å². The van der Waals surface area contributed by atoms with E-state index in [1.807, 2.05) is 42.5 Å². The van der Waals surface area contributed by atoms with Crippen LogP contribution in [0, 0.1) is 0 Å². The largest absolute Gasteiger partial charge is 0.504 e. The van der Waals surface area contributed by atoms with Crippen LogP contribution in [0.5, 0.6) is 11.5 Å². The molecule has 0 radical (unpaired) electrons. The maximum atomic E-state index is 11.4. The van der Waals surface area contributed by atoms with Crippen LogP contribution in [0.25, 0.3) is 12.2 Å². The molecule has 2 N–H and O–H groups in total. The number of rotatable bonds is 6. The Kier molecular flexibility index (Phi) is 5.58. The molecule has 0 fully saturated rings. The molecule has 4 nitrogen and oxygen atoms in total. The fourth-order valence-electron chi connectivity index (χ4n) is 2.08. The molecule has 0 saturated carbocycles. The molecule has 4 heteroatoms. The smallest absolute Gasteiger partial charge is 0.331 e. The summed E-state index contributed by atoms with van der Waals surface area (Å²) in [5.41, 5.74) is 1.93. The minimum atomic E-state index is -0.977. The van der Waals surface area contributed by atoms with Crippen LogP contribution in [0.15, 0.2) is 60.2 Å². The van der Waals surface area contributed by atoms with Crippen molar-refractivity contribution in [3.05, 3.63) is 71.3 Å². The minimum absolute atomic E-state index is 0.0190. The maximum Gasteiger partial charge on any atom is 0.331 e. The Morgan fingerprint density at radius 2 is 1.87 bits per heavy atom. The monoisotopic (exact) mass is 310 g/mol. The number of carboxylic acid groups (broad SMARTS) is 1. The number of methoxy groups -OCH3 is 1. The van der Waals surface area contributed by atoms with Gasteiger partial charge in [-0.25, -0.2) is 4.79 Å². The predicted octanol–water partition coefficient (Wildman–Crippen LogP) is 3.97. The Balaban J connectivity index is 2.18. The Morgan fingerprint density at radius 3 is 2.52 bits per heavy atom. The number of allylic oxidation sites excluding steroid dienone is 1. The molecule has 0 aromatic heterocycles. The highest BCUT2D eigenvalue weighted by Gasteiger charge is 2.07. The molecule has 0 aliphatic rings. The second kappa shape index (κ2) is 7.84. The lowest BCUT2D eigenvalue weighted by atomic mass is 10.1. The second-order valence-corrected chi connectivity index (χ2v) is 4.92. The summed E-state index contributed by atoms with van der Waals surface area (Å²) in [7, 11) is 1.45. The zero-order valence-corrected chi connectivity index (χ0v) is 12.8. The molecular formula is C19H18O4. The van der Waals surface area contributed by atoms with Gasteiger partial charge in [-0.1, -0.05) is 48.6 Å². The number of carboxylic acids is 1. The average molecular weight is 310 g/mol. The maximum absolute atomic E-state index is 11.4. The van der Waals surface area contributed by atoms with Crippen molar-refractivity contribution >= 4 is 18.1 Å². The van der Waals surface area contributed by atoms with E-state index in [4.69, 9.17) is 4.74 Å². The van der Waals surface area contributed by atoms with E-state index in [1.165, 1.54) is 13.2 Å². The Labute approximate surface area is 135 Å². The van der Waals surface area contributed by atoms with E-state index >= 15 is 0 Å². The number of phenols is 1.